The van der Waals surface area contributed by atoms with Gasteiger partial charge in [-0.05, 0) is 31.4 Å². The molecule has 1 aromatic carbocycles. The van der Waals surface area contributed by atoms with Crippen molar-refractivity contribution in [2.24, 2.45) is 7.05 Å². The Labute approximate surface area is 129 Å². The fourth-order valence-corrected chi connectivity index (χ4v) is 3.02. The Bertz CT molecular complexity index is 761. The zero-order valence-electron chi connectivity index (χ0n) is 13.1. The summed E-state index contributed by atoms with van der Waals surface area (Å²) in [5.41, 5.74) is 4.15. The predicted molar refractivity (Wildman–Crippen MR) is 82.6 cm³/mol. The molecule has 22 heavy (non-hydrogen) atoms. The third-order valence-corrected chi connectivity index (χ3v) is 4.35. The van der Waals surface area contributed by atoms with Crippen LogP contribution in [0.15, 0.2) is 24.3 Å². The Morgan fingerprint density at radius 3 is 2.45 bits per heavy atom. The maximum Gasteiger partial charge on any atom is 0.295 e. The van der Waals surface area contributed by atoms with Crippen molar-refractivity contribution in [3.63, 3.8) is 0 Å². The summed E-state index contributed by atoms with van der Waals surface area (Å²) in [6.07, 6.45) is 0.792. The first-order valence-corrected chi connectivity index (χ1v) is 7.39. The van der Waals surface area contributed by atoms with Crippen molar-refractivity contribution >= 4 is 11.7 Å². The highest BCUT2D eigenvalue weighted by molar-refractivity contribution is 6.43. The van der Waals surface area contributed by atoms with Crippen LogP contribution >= 0.6 is 0 Å². The number of hydrogen-bond acceptors (Lipinski definition) is 3. The number of nitrogens with zero attached hydrogens (tertiary/aromatic N) is 3. The molecule has 1 amide bonds. The van der Waals surface area contributed by atoms with Gasteiger partial charge in [0.05, 0.1) is 11.3 Å². The number of aryl methyl sites for hydroxylation is 2. The Balaban J connectivity index is 1.85. The lowest BCUT2D eigenvalue weighted by Crippen LogP contribution is -2.40. The molecule has 3 rings (SSSR count). The van der Waals surface area contributed by atoms with Crippen LogP contribution < -0.4 is 0 Å². The average molecular weight is 297 g/mol. The predicted octanol–water partition coefficient (Wildman–Crippen LogP) is 1.80. The summed E-state index contributed by atoms with van der Waals surface area (Å²) in [5.74, 6) is -0.892. The van der Waals surface area contributed by atoms with Gasteiger partial charge < -0.3 is 4.90 Å². The maximum atomic E-state index is 12.6. The summed E-state index contributed by atoms with van der Waals surface area (Å²) < 4.78 is 1.64. The van der Waals surface area contributed by atoms with E-state index in [1.807, 2.05) is 25.1 Å². The molecule has 5 nitrogen and oxygen atoms in total. The number of benzene rings is 1. The average Bonchev–Trinajstić information content (AvgIpc) is 2.78. The smallest absolute Gasteiger partial charge is 0.295 e. The summed E-state index contributed by atoms with van der Waals surface area (Å²) in [4.78, 5) is 26.8. The number of Topliss-reactive ketones (excluding diaryl/α,β-unsaturated/α-hetero) is 1. The van der Waals surface area contributed by atoms with E-state index in [2.05, 4.69) is 11.2 Å². The molecule has 1 aliphatic rings. The quantitative estimate of drug-likeness (QED) is 0.627. The fraction of sp³-hybridized carbons (Fsp3) is 0.353. The topological polar surface area (TPSA) is 55.2 Å². The number of ketones is 1. The molecular formula is C17H19N3O2. The molecule has 114 valence electrons. The van der Waals surface area contributed by atoms with Crippen LogP contribution in [0.1, 0.15) is 32.9 Å². The van der Waals surface area contributed by atoms with E-state index < -0.39 is 11.7 Å². The molecule has 1 aliphatic heterocycles. The van der Waals surface area contributed by atoms with Crippen LogP contribution in [0.3, 0.4) is 0 Å². The van der Waals surface area contributed by atoms with Crippen LogP contribution in [0.25, 0.3) is 0 Å². The van der Waals surface area contributed by atoms with Crippen molar-refractivity contribution in [3.05, 3.63) is 52.3 Å². The van der Waals surface area contributed by atoms with Gasteiger partial charge in [-0.2, -0.15) is 5.10 Å². The molecule has 1 aromatic heterocycles. The second-order valence-corrected chi connectivity index (χ2v) is 5.74. The van der Waals surface area contributed by atoms with Gasteiger partial charge in [-0.25, -0.2) is 0 Å². The van der Waals surface area contributed by atoms with E-state index in [4.69, 9.17) is 0 Å². The third kappa shape index (κ3) is 2.32. The van der Waals surface area contributed by atoms with Gasteiger partial charge >= 0.3 is 0 Å². The van der Waals surface area contributed by atoms with E-state index in [9.17, 15) is 9.59 Å². The second kappa shape index (κ2) is 5.40. The molecule has 2 aromatic rings. The first kappa shape index (κ1) is 14.5. The minimum absolute atomic E-state index is 0.436. The fourth-order valence-electron chi connectivity index (χ4n) is 3.02. The highest BCUT2D eigenvalue weighted by Crippen LogP contribution is 2.20. The van der Waals surface area contributed by atoms with Gasteiger partial charge in [-0.15, -0.1) is 0 Å². The summed E-state index contributed by atoms with van der Waals surface area (Å²) in [7, 11) is 1.78. The van der Waals surface area contributed by atoms with Crippen molar-refractivity contribution < 1.29 is 9.59 Å². The van der Waals surface area contributed by atoms with Crippen LogP contribution in [-0.4, -0.2) is 32.9 Å². The van der Waals surface area contributed by atoms with Crippen molar-refractivity contribution in [2.75, 3.05) is 6.54 Å². The van der Waals surface area contributed by atoms with Crippen molar-refractivity contribution in [2.45, 2.75) is 26.8 Å². The monoisotopic (exact) mass is 297 g/mol. The lowest BCUT2D eigenvalue weighted by Gasteiger charge is -2.28. The van der Waals surface area contributed by atoms with Crippen molar-refractivity contribution in [3.8, 4) is 0 Å². The van der Waals surface area contributed by atoms with Gasteiger partial charge in [0, 0.05) is 25.8 Å². The van der Waals surface area contributed by atoms with Crippen LogP contribution in [-0.2, 0) is 24.8 Å². The second-order valence-electron chi connectivity index (χ2n) is 5.74. The SMILES string of the molecule is Cc1nn(C)c(C)c1C(=O)C(=O)N1CCc2ccccc2C1. The van der Waals surface area contributed by atoms with E-state index >= 15 is 0 Å². The largest absolute Gasteiger partial charge is 0.331 e. The Morgan fingerprint density at radius 1 is 1.14 bits per heavy atom. The van der Waals surface area contributed by atoms with E-state index in [1.54, 1.807) is 23.6 Å². The maximum absolute atomic E-state index is 12.6. The van der Waals surface area contributed by atoms with E-state index in [0.717, 1.165) is 17.7 Å². The highest BCUT2D eigenvalue weighted by atomic mass is 16.2. The number of carbonyl (C=O) groups is 2. The summed E-state index contributed by atoms with van der Waals surface area (Å²) >= 11 is 0. The van der Waals surface area contributed by atoms with Crippen molar-refractivity contribution in [1.29, 1.82) is 0 Å². The van der Waals surface area contributed by atoms with Crippen LogP contribution in [0.5, 0.6) is 0 Å². The summed E-state index contributed by atoms with van der Waals surface area (Å²) in [5, 5.41) is 4.22. The molecule has 0 aliphatic carbocycles. The lowest BCUT2D eigenvalue weighted by molar-refractivity contribution is -0.127. The van der Waals surface area contributed by atoms with Gasteiger partial charge in [0.15, 0.2) is 0 Å². The molecule has 2 heterocycles. The number of rotatable bonds is 2. The van der Waals surface area contributed by atoms with Crippen molar-refractivity contribution in [1.82, 2.24) is 14.7 Å². The molecule has 0 radical (unpaired) electrons. The van der Waals surface area contributed by atoms with Gasteiger partial charge in [0.1, 0.15) is 0 Å². The van der Waals surface area contributed by atoms with Gasteiger partial charge in [-0.1, -0.05) is 24.3 Å². The molecule has 0 fully saturated rings. The molecule has 0 saturated heterocycles. The molecule has 0 bridgehead atoms. The number of hydrogen-bond donors (Lipinski definition) is 0. The zero-order valence-corrected chi connectivity index (χ0v) is 13.1. The summed E-state index contributed by atoms with van der Waals surface area (Å²) in [6.45, 7) is 4.66. The van der Waals surface area contributed by atoms with E-state index in [1.165, 1.54) is 5.56 Å². The first-order chi connectivity index (χ1) is 10.5. The van der Waals surface area contributed by atoms with Gasteiger partial charge in [0.2, 0.25) is 0 Å². The minimum Gasteiger partial charge on any atom is -0.331 e. The van der Waals surface area contributed by atoms with Crippen LogP contribution in [0.2, 0.25) is 0 Å². The standard InChI is InChI=1S/C17H19N3O2/c1-11-15(12(2)19(3)18-11)16(21)17(22)20-9-8-13-6-4-5-7-14(13)10-20/h4-7H,8-10H2,1-3H3. The van der Waals surface area contributed by atoms with Gasteiger partial charge in [-0.3, -0.25) is 14.3 Å². The zero-order chi connectivity index (χ0) is 15.9. The minimum atomic E-state index is -0.456. The molecule has 0 spiro atoms. The third-order valence-electron chi connectivity index (χ3n) is 4.35. The van der Waals surface area contributed by atoms with Gasteiger partial charge in [0.25, 0.3) is 11.7 Å². The molecule has 0 N–H and O–H groups in total. The molecule has 5 heteroatoms. The first-order valence-electron chi connectivity index (χ1n) is 7.39. The Morgan fingerprint density at radius 2 is 1.82 bits per heavy atom. The number of aromatic nitrogens is 2. The summed E-state index contributed by atoms with van der Waals surface area (Å²) in [6, 6.07) is 8.06. The van der Waals surface area contributed by atoms with Crippen LogP contribution in [0, 0.1) is 13.8 Å². The Kier molecular flexibility index (Phi) is 3.56. The number of amides is 1. The molecular weight excluding hydrogens is 278 g/mol. The normalized spacial score (nSPS) is 13.9. The number of fused-ring (bicyclic) bond motifs is 1. The highest BCUT2D eigenvalue weighted by Gasteiger charge is 2.29. The molecule has 0 unspecified atom stereocenters. The molecule has 0 atom stereocenters. The van der Waals surface area contributed by atoms with E-state index in [-0.39, 0.29) is 0 Å². The van der Waals surface area contributed by atoms with Crippen LogP contribution in [0.4, 0.5) is 0 Å². The van der Waals surface area contributed by atoms with E-state index in [0.29, 0.717) is 24.3 Å². The Hall–Kier alpha value is -2.43. The number of carbonyl (C=O) groups excluding carboxylic acids is 2. The molecule has 0 saturated carbocycles. The lowest BCUT2D eigenvalue weighted by atomic mass is 9.99.